The summed E-state index contributed by atoms with van der Waals surface area (Å²) in [5.74, 6) is -2.18. The first-order valence-corrected chi connectivity index (χ1v) is 13.3. The zero-order valence-electron chi connectivity index (χ0n) is 21.9. The van der Waals surface area contributed by atoms with Crippen molar-refractivity contribution in [2.45, 2.75) is 56.8 Å². The third kappa shape index (κ3) is 5.66. The molecule has 2 aliphatic rings. The van der Waals surface area contributed by atoms with Crippen LogP contribution in [0.3, 0.4) is 0 Å². The van der Waals surface area contributed by atoms with Crippen molar-refractivity contribution in [1.82, 2.24) is 9.80 Å². The molecule has 0 amide bonds. The second-order valence-corrected chi connectivity index (χ2v) is 10.7. The molecule has 0 saturated carbocycles. The maximum Gasteiger partial charge on any atom is 0.225 e. The first-order valence-electron chi connectivity index (χ1n) is 13.3. The highest BCUT2D eigenvalue weighted by Crippen LogP contribution is 2.45. The Labute approximate surface area is 222 Å². The predicted octanol–water partition coefficient (Wildman–Crippen LogP) is 6.41. The molecular weight excluding hydrogens is 489 g/mol. The van der Waals surface area contributed by atoms with Gasteiger partial charge in [-0.3, -0.25) is 0 Å². The molecule has 2 fully saturated rings. The van der Waals surface area contributed by atoms with Crippen molar-refractivity contribution < 1.29 is 23.0 Å². The number of ether oxygens (including phenoxy) is 1. The van der Waals surface area contributed by atoms with Crippen molar-refractivity contribution in [3.8, 4) is 11.1 Å². The lowest BCUT2D eigenvalue weighted by molar-refractivity contribution is -0.367. The Bertz CT molecular complexity index is 1220. The smallest absolute Gasteiger partial charge is 0.225 e. The number of hydrogen-bond donors (Lipinski definition) is 1. The SMILES string of the molecule is C[C@@H](c1ccc(-c2ccc(F)cc2)cc1)N1CC[C@](CCN2CC[C@@H](F)C2)(c2ccc(F)cc2)OC1(C)O. The fraction of sp³-hybridized carbons (Fsp3) is 0.419. The lowest BCUT2D eigenvalue weighted by Gasteiger charge is -2.52. The molecule has 1 unspecified atom stereocenters. The molecule has 2 aliphatic heterocycles. The van der Waals surface area contributed by atoms with Crippen LogP contribution in [-0.2, 0) is 10.3 Å². The van der Waals surface area contributed by atoms with E-state index in [1.54, 1.807) is 31.2 Å². The van der Waals surface area contributed by atoms with Crippen molar-refractivity contribution in [1.29, 1.82) is 0 Å². The van der Waals surface area contributed by atoms with Crippen LogP contribution in [0.15, 0.2) is 72.8 Å². The van der Waals surface area contributed by atoms with E-state index < -0.39 is 17.7 Å². The number of alkyl halides is 1. The summed E-state index contributed by atoms with van der Waals surface area (Å²) in [5.41, 5.74) is 2.91. The normalized spacial score (nSPS) is 27.5. The molecule has 2 saturated heterocycles. The highest BCUT2D eigenvalue weighted by Gasteiger charge is 2.49. The Hall–Kier alpha value is -2.71. The number of hydrogen-bond acceptors (Lipinski definition) is 4. The van der Waals surface area contributed by atoms with E-state index in [4.69, 9.17) is 4.74 Å². The number of aliphatic hydroxyl groups is 1. The minimum atomic E-state index is -1.59. The number of halogens is 3. The van der Waals surface area contributed by atoms with Crippen LogP contribution in [0.1, 0.15) is 50.3 Å². The molecule has 4 nitrogen and oxygen atoms in total. The van der Waals surface area contributed by atoms with Gasteiger partial charge in [0, 0.05) is 39.1 Å². The first kappa shape index (κ1) is 26.9. The molecule has 0 spiro atoms. The maximum absolute atomic E-state index is 13.8. The first-order chi connectivity index (χ1) is 18.1. The minimum absolute atomic E-state index is 0.149. The third-order valence-corrected chi connectivity index (χ3v) is 8.13. The van der Waals surface area contributed by atoms with Gasteiger partial charge in [0.15, 0.2) is 0 Å². The number of rotatable bonds is 7. The standard InChI is InChI=1S/C31H35F3N2O2/c1-22(23-3-5-24(6-4-23)25-7-11-27(32)12-8-25)36-20-17-31(38-30(36,2)37,26-9-13-28(33)14-10-26)16-19-35-18-15-29(34)21-35/h3-14,22,29,37H,15-21H2,1-2H3/t22-,29+,30?,31+/m0/s1. The number of likely N-dealkylation sites (tertiary alicyclic amines) is 1. The Kier molecular flexibility index (Phi) is 7.65. The Balaban J connectivity index is 1.35. The monoisotopic (exact) mass is 524 g/mol. The summed E-state index contributed by atoms with van der Waals surface area (Å²) in [4.78, 5) is 4.01. The molecule has 3 aromatic carbocycles. The van der Waals surface area contributed by atoms with E-state index in [2.05, 4.69) is 4.90 Å². The van der Waals surface area contributed by atoms with Crippen LogP contribution >= 0.6 is 0 Å². The second-order valence-electron chi connectivity index (χ2n) is 10.7. The lowest BCUT2D eigenvalue weighted by Crippen LogP contribution is -2.60. The van der Waals surface area contributed by atoms with Gasteiger partial charge in [-0.15, -0.1) is 0 Å². The van der Waals surface area contributed by atoms with Crippen LogP contribution in [0.4, 0.5) is 13.2 Å². The van der Waals surface area contributed by atoms with Gasteiger partial charge in [0.25, 0.3) is 0 Å². The van der Waals surface area contributed by atoms with E-state index in [-0.39, 0.29) is 17.7 Å². The molecule has 0 bridgehead atoms. The van der Waals surface area contributed by atoms with Crippen molar-refractivity contribution >= 4 is 0 Å². The summed E-state index contributed by atoms with van der Waals surface area (Å²) in [6.07, 6.45) is 0.890. The summed E-state index contributed by atoms with van der Waals surface area (Å²) in [6, 6.07) is 20.5. The van der Waals surface area contributed by atoms with E-state index in [1.165, 1.54) is 24.3 Å². The van der Waals surface area contributed by atoms with Crippen molar-refractivity contribution in [3.05, 3.63) is 95.6 Å². The zero-order chi connectivity index (χ0) is 26.9. The van der Waals surface area contributed by atoms with Crippen LogP contribution in [-0.4, -0.2) is 53.2 Å². The van der Waals surface area contributed by atoms with Gasteiger partial charge in [0.05, 0.1) is 0 Å². The van der Waals surface area contributed by atoms with Gasteiger partial charge in [0.1, 0.15) is 23.4 Å². The molecule has 3 aromatic rings. The molecule has 5 rings (SSSR count). The summed E-state index contributed by atoms with van der Waals surface area (Å²) in [7, 11) is 0. The topological polar surface area (TPSA) is 35.9 Å². The molecule has 0 aromatic heterocycles. The minimum Gasteiger partial charge on any atom is -0.353 e. The molecular formula is C31H35F3N2O2. The fourth-order valence-electron chi connectivity index (χ4n) is 5.92. The van der Waals surface area contributed by atoms with Gasteiger partial charge < -0.3 is 14.7 Å². The number of benzene rings is 3. The molecule has 4 atom stereocenters. The summed E-state index contributed by atoms with van der Waals surface area (Å²) in [6.45, 7) is 5.98. The van der Waals surface area contributed by atoms with Crippen LogP contribution in [0.25, 0.3) is 11.1 Å². The average molecular weight is 525 g/mol. The lowest BCUT2D eigenvalue weighted by atomic mass is 9.84. The summed E-state index contributed by atoms with van der Waals surface area (Å²) >= 11 is 0. The van der Waals surface area contributed by atoms with Gasteiger partial charge >= 0.3 is 0 Å². The Morgan fingerprint density at radius 3 is 2.05 bits per heavy atom. The molecule has 7 heteroatoms. The van der Waals surface area contributed by atoms with Gasteiger partial charge in [-0.1, -0.05) is 48.5 Å². The highest BCUT2D eigenvalue weighted by molar-refractivity contribution is 5.63. The van der Waals surface area contributed by atoms with Gasteiger partial charge in [0.2, 0.25) is 5.91 Å². The molecule has 202 valence electrons. The van der Waals surface area contributed by atoms with E-state index in [0.29, 0.717) is 45.4 Å². The Morgan fingerprint density at radius 2 is 1.50 bits per heavy atom. The van der Waals surface area contributed by atoms with Gasteiger partial charge in [-0.2, -0.15) is 0 Å². The van der Waals surface area contributed by atoms with E-state index >= 15 is 0 Å². The van der Waals surface area contributed by atoms with Crippen LogP contribution in [0.2, 0.25) is 0 Å². The maximum atomic E-state index is 13.8. The molecule has 2 heterocycles. The molecule has 38 heavy (non-hydrogen) atoms. The van der Waals surface area contributed by atoms with E-state index in [9.17, 15) is 18.3 Å². The second kappa shape index (κ2) is 10.8. The zero-order valence-corrected chi connectivity index (χ0v) is 21.9. The average Bonchev–Trinajstić information content (AvgIpc) is 3.33. The van der Waals surface area contributed by atoms with Gasteiger partial charge in [-0.05, 0) is 72.7 Å². The van der Waals surface area contributed by atoms with Crippen LogP contribution in [0.5, 0.6) is 0 Å². The molecule has 0 radical (unpaired) electrons. The van der Waals surface area contributed by atoms with Crippen molar-refractivity contribution in [2.24, 2.45) is 0 Å². The van der Waals surface area contributed by atoms with E-state index in [1.807, 2.05) is 36.1 Å². The van der Waals surface area contributed by atoms with E-state index in [0.717, 1.165) is 22.3 Å². The van der Waals surface area contributed by atoms with Crippen LogP contribution < -0.4 is 0 Å². The predicted molar refractivity (Wildman–Crippen MR) is 142 cm³/mol. The highest BCUT2D eigenvalue weighted by atomic mass is 19.1. The van der Waals surface area contributed by atoms with Crippen molar-refractivity contribution in [2.75, 3.05) is 26.2 Å². The largest absolute Gasteiger partial charge is 0.353 e. The Morgan fingerprint density at radius 1 is 0.921 bits per heavy atom. The fourth-order valence-corrected chi connectivity index (χ4v) is 5.92. The summed E-state index contributed by atoms with van der Waals surface area (Å²) < 4.78 is 47.4. The molecule has 1 N–H and O–H groups in total. The van der Waals surface area contributed by atoms with Crippen LogP contribution in [0, 0.1) is 11.6 Å². The van der Waals surface area contributed by atoms with Crippen molar-refractivity contribution in [3.63, 3.8) is 0 Å². The number of nitrogens with zero attached hydrogens (tertiary/aromatic N) is 2. The third-order valence-electron chi connectivity index (χ3n) is 8.13. The molecule has 0 aliphatic carbocycles. The quantitative estimate of drug-likeness (QED) is 0.388. The summed E-state index contributed by atoms with van der Waals surface area (Å²) in [5, 5.41) is 11.6. The van der Waals surface area contributed by atoms with Gasteiger partial charge in [-0.25, -0.2) is 18.1 Å².